The standard InChI is InChI=1S/C61H38F3N5/c1-38-16-13-25-50(61(62,63)64)56(38)47-30-33-55(68-51-26-11-9-21-45(51)48-36-41(28-31-53(48)68)43-23-14-34-66-57(43)39-17-5-3-6-18-39)59(65-2)60(47)69-52-27-12-10-22-46(52)49-37-42(29-32-54(49)69)44-24-15-35-67-58(44)40-19-7-4-8-20-40/h3-37H,1H3. The van der Waals surface area contributed by atoms with Crippen molar-refractivity contribution in [3.8, 4) is 67.3 Å². The molecule has 0 N–H and O–H groups in total. The molecule has 0 saturated carbocycles. The van der Waals surface area contributed by atoms with Crippen LogP contribution in [-0.4, -0.2) is 19.1 Å². The Morgan fingerprint density at radius 3 is 1.51 bits per heavy atom. The topological polar surface area (TPSA) is 40.0 Å². The normalized spacial score (nSPS) is 11.8. The lowest BCUT2D eigenvalue weighted by molar-refractivity contribution is -0.137. The molecule has 0 unspecified atom stereocenters. The number of rotatable bonds is 7. The first-order chi connectivity index (χ1) is 33.8. The van der Waals surface area contributed by atoms with Crippen LogP contribution in [0.5, 0.6) is 0 Å². The molecule has 0 amide bonds. The molecule has 0 spiro atoms. The minimum atomic E-state index is -4.68. The molecule has 0 saturated heterocycles. The maximum absolute atomic E-state index is 15.3. The quantitative estimate of drug-likeness (QED) is 0.150. The van der Waals surface area contributed by atoms with E-state index in [-0.39, 0.29) is 11.3 Å². The van der Waals surface area contributed by atoms with Crippen molar-refractivity contribution in [2.45, 2.75) is 13.1 Å². The number of aromatic nitrogens is 4. The van der Waals surface area contributed by atoms with Crippen LogP contribution in [0.15, 0.2) is 213 Å². The zero-order valence-electron chi connectivity index (χ0n) is 37.1. The number of alkyl halides is 3. The van der Waals surface area contributed by atoms with Gasteiger partial charge in [-0.05, 0) is 95.4 Å². The Morgan fingerprint density at radius 2 is 0.957 bits per heavy atom. The van der Waals surface area contributed by atoms with Gasteiger partial charge < -0.3 is 9.13 Å². The second kappa shape index (κ2) is 16.4. The Kier molecular flexibility index (Phi) is 9.82. The largest absolute Gasteiger partial charge is 0.417 e. The number of hydrogen-bond donors (Lipinski definition) is 0. The average Bonchev–Trinajstić information content (AvgIpc) is 3.90. The maximum atomic E-state index is 15.3. The zero-order valence-corrected chi connectivity index (χ0v) is 37.1. The summed E-state index contributed by atoms with van der Waals surface area (Å²) in [7, 11) is 0. The third-order valence-corrected chi connectivity index (χ3v) is 13.2. The predicted molar refractivity (Wildman–Crippen MR) is 274 cm³/mol. The molecule has 328 valence electrons. The van der Waals surface area contributed by atoms with Gasteiger partial charge in [-0.3, -0.25) is 9.97 Å². The Morgan fingerprint density at radius 1 is 0.449 bits per heavy atom. The van der Waals surface area contributed by atoms with Crippen molar-refractivity contribution >= 4 is 49.3 Å². The third kappa shape index (κ3) is 6.78. The predicted octanol–water partition coefficient (Wildman–Crippen LogP) is 16.9. The Hall–Kier alpha value is -9.06. The van der Waals surface area contributed by atoms with E-state index in [1.165, 1.54) is 6.07 Å². The van der Waals surface area contributed by atoms with E-state index in [9.17, 15) is 0 Å². The number of fused-ring (bicyclic) bond motifs is 6. The molecule has 5 nitrogen and oxygen atoms in total. The highest BCUT2D eigenvalue weighted by atomic mass is 19.4. The van der Waals surface area contributed by atoms with Gasteiger partial charge in [0.1, 0.15) is 0 Å². The summed E-state index contributed by atoms with van der Waals surface area (Å²) < 4.78 is 49.9. The van der Waals surface area contributed by atoms with E-state index >= 15 is 13.2 Å². The molecule has 0 atom stereocenters. The van der Waals surface area contributed by atoms with E-state index in [2.05, 4.69) is 64.0 Å². The number of benzene rings is 8. The molecule has 12 aromatic rings. The molecule has 0 aliphatic carbocycles. The van der Waals surface area contributed by atoms with Crippen molar-refractivity contribution in [1.29, 1.82) is 0 Å². The number of pyridine rings is 2. The Balaban J connectivity index is 1.15. The van der Waals surface area contributed by atoms with E-state index in [0.29, 0.717) is 22.5 Å². The lowest BCUT2D eigenvalue weighted by Crippen LogP contribution is -2.10. The van der Waals surface area contributed by atoms with Gasteiger partial charge in [0.05, 0.1) is 57.0 Å². The smallest absolute Gasteiger partial charge is 0.319 e. The van der Waals surface area contributed by atoms with E-state index in [1.807, 2.05) is 126 Å². The van der Waals surface area contributed by atoms with Crippen LogP contribution in [0.25, 0.3) is 116 Å². The zero-order chi connectivity index (χ0) is 46.8. The molecule has 4 aromatic heterocycles. The van der Waals surface area contributed by atoms with Crippen molar-refractivity contribution in [2.24, 2.45) is 0 Å². The fourth-order valence-electron chi connectivity index (χ4n) is 10.3. The highest BCUT2D eigenvalue weighted by molar-refractivity contribution is 6.14. The lowest BCUT2D eigenvalue weighted by atomic mass is 9.92. The van der Waals surface area contributed by atoms with Gasteiger partial charge >= 0.3 is 6.18 Å². The minimum absolute atomic E-state index is 0.0272. The molecule has 0 aliphatic heterocycles. The molecule has 4 heterocycles. The summed E-state index contributed by atoms with van der Waals surface area (Å²) in [4.78, 5) is 14.0. The van der Waals surface area contributed by atoms with Gasteiger partial charge in [-0.25, -0.2) is 4.85 Å². The molecule has 0 aliphatic rings. The summed E-state index contributed by atoms with van der Waals surface area (Å²) >= 11 is 0. The second-order valence-electron chi connectivity index (χ2n) is 17.1. The van der Waals surface area contributed by atoms with Crippen LogP contribution in [-0.2, 0) is 6.18 Å². The van der Waals surface area contributed by atoms with Crippen LogP contribution >= 0.6 is 0 Å². The SMILES string of the molecule is [C-]#[N+]c1c(-n2c3ccccc3c3cc(-c4cccnc4-c4ccccc4)ccc32)ccc(-c2c(C)cccc2C(F)(F)F)c1-n1c2ccccc2c2cc(-c3cccnc3-c3ccccc3)ccc21. The Bertz CT molecular complexity index is 4030. The van der Waals surface area contributed by atoms with Gasteiger partial charge in [0.15, 0.2) is 0 Å². The molecule has 69 heavy (non-hydrogen) atoms. The van der Waals surface area contributed by atoms with Crippen LogP contribution in [0.1, 0.15) is 11.1 Å². The number of halogens is 3. The molecule has 8 aromatic carbocycles. The lowest BCUT2D eigenvalue weighted by Gasteiger charge is -2.23. The minimum Gasteiger partial charge on any atom is -0.319 e. The number of para-hydroxylation sites is 2. The summed E-state index contributed by atoms with van der Waals surface area (Å²) in [6.45, 7) is 10.8. The molecule has 12 rings (SSSR count). The van der Waals surface area contributed by atoms with Gasteiger partial charge in [-0.2, -0.15) is 13.2 Å². The van der Waals surface area contributed by atoms with Gasteiger partial charge in [0.2, 0.25) is 5.69 Å². The summed E-state index contributed by atoms with van der Waals surface area (Å²) in [5, 5.41) is 3.70. The summed E-state index contributed by atoms with van der Waals surface area (Å²) in [5.74, 6) is 0. The summed E-state index contributed by atoms with van der Waals surface area (Å²) in [5.41, 5.74) is 11.8. The first-order valence-electron chi connectivity index (χ1n) is 22.6. The van der Waals surface area contributed by atoms with Crippen molar-refractivity contribution < 1.29 is 13.2 Å². The number of hydrogen-bond acceptors (Lipinski definition) is 2. The fraction of sp³-hybridized carbons (Fsp3) is 0.0328. The first kappa shape index (κ1) is 41.4. The first-order valence-corrected chi connectivity index (χ1v) is 22.6. The van der Waals surface area contributed by atoms with Crippen molar-refractivity contribution in [3.63, 3.8) is 0 Å². The molecule has 0 fully saturated rings. The summed E-state index contributed by atoms with van der Waals surface area (Å²) in [6.07, 6.45) is -1.09. The van der Waals surface area contributed by atoms with Crippen LogP contribution in [0.4, 0.5) is 18.9 Å². The highest BCUT2D eigenvalue weighted by Crippen LogP contribution is 2.50. The van der Waals surface area contributed by atoms with E-state index in [1.54, 1.807) is 31.5 Å². The highest BCUT2D eigenvalue weighted by Gasteiger charge is 2.36. The van der Waals surface area contributed by atoms with Crippen molar-refractivity contribution in [2.75, 3.05) is 0 Å². The molecule has 0 radical (unpaired) electrons. The summed E-state index contributed by atoms with van der Waals surface area (Å²) in [6, 6.07) is 64.5. The maximum Gasteiger partial charge on any atom is 0.417 e. The number of aryl methyl sites for hydroxylation is 1. The van der Waals surface area contributed by atoms with Gasteiger partial charge in [-0.15, -0.1) is 0 Å². The van der Waals surface area contributed by atoms with Crippen LogP contribution < -0.4 is 0 Å². The van der Waals surface area contributed by atoms with Crippen molar-refractivity contribution in [1.82, 2.24) is 19.1 Å². The molecular formula is C61H38F3N5. The van der Waals surface area contributed by atoms with Crippen LogP contribution in [0, 0.1) is 13.5 Å². The molecular weight excluding hydrogens is 860 g/mol. The van der Waals surface area contributed by atoms with Gasteiger partial charge in [-0.1, -0.05) is 140 Å². The van der Waals surface area contributed by atoms with E-state index < -0.39 is 11.7 Å². The van der Waals surface area contributed by atoms with Gasteiger partial charge in [0.25, 0.3) is 0 Å². The van der Waals surface area contributed by atoms with E-state index in [0.717, 1.165) is 94.4 Å². The third-order valence-electron chi connectivity index (χ3n) is 13.2. The fourth-order valence-corrected chi connectivity index (χ4v) is 10.3. The average molecular weight is 898 g/mol. The Labute approximate surface area is 395 Å². The van der Waals surface area contributed by atoms with Crippen LogP contribution in [0.2, 0.25) is 0 Å². The monoisotopic (exact) mass is 897 g/mol. The number of nitrogens with zero attached hydrogens (tertiary/aromatic N) is 5. The second-order valence-corrected chi connectivity index (χ2v) is 17.1. The van der Waals surface area contributed by atoms with Crippen molar-refractivity contribution in [3.05, 3.63) is 235 Å². The molecule has 8 heteroatoms. The van der Waals surface area contributed by atoms with Gasteiger partial charge in [0, 0.05) is 56.2 Å². The molecule has 0 bridgehead atoms. The van der Waals surface area contributed by atoms with E-state index in [4.69, 9.17) is 16.5 Å². The van der Waals surface area contributed by atoms with Crippen LogP contribution in [0.3, 0.4) is 0 Å².